The van der Waals surface area contributed by atoms with Crippen LogP contribution in [0.25, 0.3) is 0 Å². The molecule has 0 amide bonds. The Kier molecular flexibility index (Phi) is 2.36. The van der Waals surface area contributed by atoms with Crippen molar-refractivity contribution in [2.75, 3.05) is 0 Å². The number of aromatic nitrogens is 2. The van der Waals surface area contributed by atoms with Crippen LogP contribution in [0.3, 0.4) is 0 Å². The molecule has 0 fully saturated rings. The lowest BCUT2D eigenvalue weighted by atomic mass is 10.3. The first-order valence-corrected chi connectivity index (χ1v) is 3.98. The second-order valence-electron chi connectivity index (χ2n) is 2.50. The van der Waals surface area contributed by atoms with E-state index in [1.165, 1.54) is 24.4 Å². The molecule has 2 rings (SSSR count). The molecule has 0 atom stereocenters. The van der Waals surface area contributed by atoms with Gasteiger partial charge in [0, 0.05) is 6.20 Å². The molecule has 0 saturated carbocycles. The molecule has 0 unspecified atom stereocenters. The van der Waals surface area contributed by atoms with Crippen molar-refractivity contribution in [1.82, 2.24) is 9.97 Å². The fraction of sp³-hybridized carbons (Fsp3) is 0. The molecule has 0 aliphatic rings. The molecule has 14 heavy (non-hydrogen) atoms. The lowest BCUT2D eigenvalue weighted by molar-refractivity contribution is 0.410. The zero-order valence-corrected chi connectivity index (χ0v) is 7.14. The van der Waals surface area contributed by atoms with Crippen molar-refractivity contribution in [3.05, 3.63) is 48.5 Å². The van der Waals surface area contributed by atoms with Crippen LogP contribution >= 0.6 is 0 Å². The summed E-state index contributed by atoms with van der Waals surface area (Å²) in [7, 11) is 0. The highest BCUT2D eigenvalue weighted by molar-refractivity contribution is 5.26. The Labute approximate surface area is 80.2 Å². The third-order valence-corrected chi connectivity index (χ3v) is 1.53. The van der Waals surface area contributed by atoms with Gasteiger partial charge in [-0.2, -0.15) is 4.98 Å². The van der Waals surface area contributed by atoms with Crippen molar-refractivity contribution in [1.29, 1.82) is 0 Å². The quantitative estimate of drug-likeness (QED) is 0.726. The number of rotatable bonds is 2. The van der Waals surface area contributed by atoms with Crippen molar-refractivity contribution in [3.63, 3.8) is 0 Å². The molecule has 0 N–H and O–H groups in total. The van der Waals surface area contributed by atoms with Gasteiger partial charge in [-0.1, -0.05) is 12.1 Å². The maximum Gasteiger partial charge on any atom is 0.322 e. The van der Waals surface area contributed by atoms with Crippen LogP contribution in [0.15, 0.2) is 36.5 Å². The molecule has 69 valence electrons. The van der Waals surface area contributed by atoms with Crippen LogP contribution in [0.1, 0.15) is 0 Å². The SMILES string of the molecule is Fc1ccccc1Oc1n[c]ccn1. The van der Waals surface area contributed by atoms with Crippen molar-refractivity contribution in [3.8, 4) is 11.8 Å². The summed E-state index contributed by atoms with van der Waals surface area (Å²) in [5, 5.41) is 0. The molecule has 1 aromatic carbocycles. The number of nitrogens with zero attached hydrogens (tertiary/aromatic N) is 2. The van der Waals surface area contributed by atoms with Gasteiger partial charge in [-0.25, -0.2) is 9.37 Å². The van der Waals surface area contributed by atoms with Crippen molar-refractivity contribution in [2.45, 2.75) is 0 Å². The number of para-hydroxylation sites is 1. The van der Waals surface area contributed by atoms with Gasteiger partial charge >= 0.3 is 6.01 Å². The highest BCUT2D eigenvalue weighted by atomic mass is 19.1. The van der Waals surface area contributed by atoms with Crippen molar-refractivity contribution >= 4 is 0 Å². The number of halogens is 1. The van der Waals surface area contributed by atoms with Gasteiger partial charge in [0.1, 0.15) is 0 Å². The van der Waals surface area contributed by atoms with E-state index >= 15 is 0 Å². The Morgan fingerprint density at radius 3 is 2.86 bits per heavy atom. The van der Waals surface area contributed by atoms with Crippen LogP contribution in [0.4, 0.5) is 4.39 Å². The summed E-state index contributed by atoms with van der Waals surface area (Å²) in [6.07, 6.45) is 4.02. The van der Waals surface area contributed by atoms with Gasteiger partial charge in [0.25, 0.3) is 0 Å². The minimum absolute atomic E-state index is 0.0811. The number of hydrogen-bond donors (Lipinski definition) is 0. The molecule has 2 aromatic rings. The predicted octanol–water partition coefficient (Wildman–Crippen LogP) is 2.21. The first-order chi connectivity index (χ1) is 6.86. The molecule has 1 aromatic heterocycles. The van der Waals surface area contributed by atoms with E-state index in [9.17, 15) is 4.39 Å². The van der Waals surface area contributed by atoms with Crippen LogP contribution in [-0.4, -0.2) is 9.97 Å². The molecule has 3 nitrogen and oxygen atoms in total. The first-order valence-electron chi connectivity index (χ1n) is 3.98. The summed E-state index contributed by atoms with van der Waals surface area (Å²) in [6.45, 7) is 0. The molecule has 1 radical (unpaired) electrons. The lowest BCUT2D eigenvalue weighted by Crippen LogP contribution is -1.92. The van der Waals surface area contributed by atoms with E-state index < -0.39 is 5.82 Å². The minimum Gasteiger partial charge on any atom is -0.421 e. The largest absolute Gasteiger partial charge is 0.421 e. The number of benzene rings is 1. The lowest BCUT2D eigenvalue weighted by Gasteiger charge is -2.02. The molecular weight excluding hydrogens is 183 g/mol. The molecule has 0 aliphatic heterocycles. The monoisotopic (exact) mass is 189 g/mol. The molecule has 0 spiro atoms. The fourth-order valence-corrected chi connectivity index (χ4v) is 0.931. The topological polar surface area (TPSA) is 35.0 Å². The highest BCUT2D eigenvalue weighted by Crippen LogP contribution is 2.19. The Hall–Kier alpha value is -1.97. The van der Waals surface area contributed by atoms with Crippen LogP contribution < -0.4 is 4.74 Å². The van der Waals surface area contributed by atoms with E-state index in [4.69, 9.17) is 4.74 Å². The molecule has 0 bridgehead atoms. The van der Waals surface area contributed by atoms with Gasteiger partial charge in [-0.3, -0.25) is 0 Å². The van der Waals surface area contributed by atoms with Gasteiger partial charge in [0.2, 0.25) is 0 Å². The Morgan fingerprint density at radius 1 is 1.29 bits per heavy atom. The molecule has 0 saturated heterocycles. The highest BCUT2D eigenvalue weighted by Gasteiger charge is 2.03. The summed E-state index contributed by atoms with van der Waals surface area (Å²) in [4.78, 5) is 7.47. The summed E-state index contributed by atoms with van der Waals surface area (Å²) < 4.78 is 18.2. The van der Waals surface area contributed by atoms with Crippen molar-refractivity contribution < 1.29 is 9.13 Å². The first kappa shape index (κ1) is 8.62. The Bertz CT molecular complexity index is 419. The molecule has 1 heterocycles. The average Bonchev–Trinajstić information content (AvgIpc) is 2.23. The zero-order chi connectivity index (χ0) is 9.80. The predicted molar refractivity (Wildman–Crippen MR) is 47.3 cm³/mol. The Balaban J connectivity index is 2.24. The van der Waals surface area contributed by atoms with E-state index in [2.05, 4.69) is 16.2 Å². The second-order valence-corrected chi connectivity index (χ2v) is 2.50. The average molecular weight is 189 g/mol. The van der Waals surface area contributed by atoms with E-state index in [1.54, 1.807) is 12.1 Å². The van der Waals surface area contributed by atoms with Crippen LogP contribution in [0, 0.1) is 12.0 Å². The maximum absolute atomic E-state index is 13.1. The summed E-state index contributed by atoms with van der Waals surface area (Å²) in [5.74, 6) is -0.341. The minimum atomic E-state index is -0.444. The number of ether oxygens (including phenoxy) is 1. The maximum atomic E-state index is 13.1. The Morgan fingerprint density at radius 2 is 2.14 bits per heavy atom. The van der Waals surface area contributed by atoms with E-state index in [0.29, 0.717) is 0 Å². The van der Waals surface area contributed by atoms with Crippen LogP contribution in [-0.2, 0) is 0 Å². The zero-order valence-electron chi connectivity index (χ0n) is 7.14. The van der Waals surface area contributed by atoms with E-state index in [1.807, 2.05) is 0 Å². The number of hydrogen-bond acceptors (Lipinski definition) is 3. The van der Waals surface area contributed by atoms with Gasteiger partial charge in [-0.05, 0) is 18.2 Å². The molecular formula is C10H6FN2O. The van der Waals surface area contributed by atoms with Gasteiger partial charge in [0.15, 0.2) is 11.6 Å². The fourth-order valence-electron chi connectivity index (χ4n) is 0.931. The van der Waals surface area contributed by atoms with Crippen LogP contribution in [0.5, 0.6) is 11.8 Å². The van der Waals surface area contributed by atoms with E-state index in [-0.39, 0.29) is 11.8 Å². The van der Waals surface area contributed by atoms with Gasteiger partial charge in [-0.15, -0.1) is 0 Å². The molecule has 4 heteroatoms. The second kappa shape index (κ2) is 3.83. The smallest absolute Gasteiger partial charge is 0.322 e. The van der Waals surface area contributed by atoms with E-state index in [0.717, 1.165) is 0 Å². The standard InChI is InChI=1S/C10H6FN2O/c11-8-4-1-2-5-9(8)14-10-12-6-3-7-13-10/h1-6H. The summed E-state index contributed by atoms with van der Waals surface area (Å²) in [6, 6.07) is 7.69. The molecule has 0 aliphatic carbocycles. The van der Waals surface area contributed by atoms with Crippen molar-refractivity contribution in [2.24, 2.45) is 0 Å². The van der Waals surface area contributed by atoms with Crippen LogP contribution in [0.2, 0.25) is 0 Å². The third-order valence-electron chi connectivity index (χ3n) is 1.53. The van der Waals surface area contributed by atoms with Gasteiger partial charge < -0.3 is 4.74 Å². The third kappa shape index (κ3) is 1.85. The summed E-state index contributed by atoms with van der Waals surface area (Å²) >= 11 is 0. The summed E-state index contributed by atoms with van der Waals surface area (Å²) in [5.41, 5.74) is 0. The van der Waals surface area contributed by atoms with Gasteiger partial charge in [0.05, 0.1) is 6.20 Å². The normalized spacial score (nSPS) is 9.79.